The zero-order valence-electron chi connectivity index (χ0n) is 15.5. The van der Waals surface area contributed by atoms with Crippen molar-refractivity contribution in [1.82, 2.24) is 4.57 Å². The fraction of sp³-hybridized carbons (Fsp3) is 0.0400. The Morgan fingerprint density at radius 2 is 1.29 bits per heavy atom. The zero-order valence-corrected chi connectivity index (χ0v) is 17.7. The largest absolute Gasteiger partial charge is 0.309 e. The van der Waals surface area contributed by atoms with E-state index in [0.717, 1.165) is 0 Å². The summed E-state index contributed by atoms with van der Waals surface area (Å²) in [6, 6.07) is 34.6. The van der Waals surface area contributed by atoms with Crippen LogP contribution in [0.5, 0.6) is 0 Å². The maximum atomic E-state index is 2.39. The van der Waals surface area contributed by atoms with Crippen LogP contribution in [0.25, 0.3) is 27.5 Å². The molecule has 0 saturated carbocycles. The number of halogens is 1. The molecule has 0 unspecified atom stereocenters. The normalized spacial score (nSPS) is 11.2. The molecule has 3 heteroatoms. The van der Waals surface area contributed by atoms with Gasteiger partial charge in [0.1, 0.15) is 0 Å². The SMILES string of the molecule is Cc1ccc(N(I)c2ccc3c(c2)c2ccccc2n3-c2ccccc2)cc1. The van der Waals surface area contributed by atoms with Gasteiger partial charge >= 0.3 is 0 Å². The topological polar surface area (TPSA) is 8.17 Å². The van der Waals surface area contributed by atoms with Crippen molar-refractivity contribution in [3.8, 4) is 5.69 Å². The van der Waals surface area contributed by atoms with E-state index in [9.17, 15) is 0 Å². The predicted octanol–water partition coefficient (Wildman–Crippen LogP) is 7.58. The van der Waals surface area contributed by atoms with Crippen LogP contribution in [0.1, 0.15) is 5.56 Å². The first kappa shape index (κ1) is 17.3. The van der Waals surface area contributed by atoms with Crippen molar-refractivity contribution >= 4 is 56.0 Å². The van der Waals surface area contributed by atoms with Crippen LogP contribution >= 0.6 is 22.9 Å². The fourth-order valence-electron chi connectivity index (χ4n) is 3.76. The lowest BCUT2D eigenvalue weighted by atomic mass is 10.1. The van der Waals surface area contributed by atoms with Crippen molar-refractivity contribution in [3.05, 3.63) is 103 Å². The van der Waals surface area contributed by atoms with Gasteiger partial charge in [-0.2, -0.15) is 0 Å². The minimum atomic E-state index is 1.17. The molecule has 0 aliphatic carbocycles. The van der Waals surface area contributed by atoms with Crippen LogP contribution in [0, 0.1) is 6.92 Å². The molecule has 0 atom stereocenters. The Labute approximate surface area is 178 Å². The number of aryl methyl sites for hydroxylation is 1. The number of nitrogens with zero attached hydrogens (tertiary/aromatic N) is 2. The molecule has 0 bridgehead atoms. The molecule has 0 radical (unpaired) electrons. The summed E-state index contributed by atoms with van der Waals surface area (Å²) >= 11 is 2.39. The van der Waals surface area contributed by atoms with E-state index in [-0.39, 0.29) is 0 Å². The second-order valence-electron chi connectivity index (χ2n) is 7.01. The summed E-state index contributed by atoms with van der Waals surface area (Å²) in [5.74, 6) is 0. The van der Waals surface area contributed by atoms with Crippen molar-refractivity contribution in [1.29, 1.82) is 0 Å². The highest BCUT2D eigenvalue weighted by Crippen LogP contribution is 2.37. The standard InChI is InChI=1S/C25H19IN2/c1-18-11-13-20(14-12-18)28(26)21-15-16-25-23(17-21)22-9-5-6-10-24(22)27(25)19-7-3-2-4-8-19/h2-17H,1H3. The van der Waals surface area contributed by atoms with Crippen LogP contribution in [0.4, 0.5) is 11.4 Å². The molecular formula is C25H19IN2. The van der Waals surface area contributed by atoms with E-state index in [1.165, 1.54) is 44.4 Å². The smallest absolute Gasteiger partial charge is 0.0646 e. The molecule has 5 aromatic rings. The van der Waals surface area contributed by atoms with E-state index in [0.29, 0.717) is 0 Å². The third kappa shape index (κ3) is 2.87. The van der Waals surface area contributed by atoms with Gasteiger partial charge in [0.2, 0.25) is 0 Å². The van der Waals surface area contributed by atoms with E-state index < -0.39 is 0 Å². The highest BCUT2D eigenvalue weighted by molar-refractivity contribution is 14.1. The molecule has 136 valence electrons. The van der Waals surface area contributed by atoms with Crippen molar-refractivity contribution in [3.63, 3.8) is 0 Å². The van der Waals surface area contributed by atoms with Gasteiger partial charge in [-0.05, 0) is 55.5 Å². The van der Waals surface area contributed by atoms with Gasteiger partial charge < -0.3 is 4.57 Å². The number of hydrogen-bond acceptors (Lipinski definition) is 1. The van der Waals surface area contributed by atoms with E-state index >= 15 is 0 Å². The second kappa shape index (κ2) is 6.99. The quantitative estimate of drug-likeness (QED) is 0.193. The summed E-state index contributed by atoms with van der Waals surface area (Å²) in [7, 11) is 0. The minimum Gasteiger partial charge on any atom is -0.309 e. The lowest BCUT2D eigenvalue weighted by Gasteiger charge is -2.17. The first-order valence-electron chi connectivity index (χ1n) is 9.33. The van der Waals surface area contributed by atoms with Crippen LogP contribution in [0.3, 0.4) is 0 Å². The third-order valence-electron chi connectivity index (χ3n) is 5.16. The molecule has 0 spiro atoms. The van der Waals surface area contributed by atoms with Crippen LogP contribution in [0.2, 0.25) is 0 Å². The van der Waals surface area contributed by atoms with Crippen LogP contribution in [0.15, 0.2) is 97.1 Å². The molecule has 0 aliphatic rings. The van der Waals surface area contributed by atoms with E-state index in [4.69, 9.17) is 0 Å². The Hall–Kier alpha value is -2.79. The molecule has 0 fully saturated rings. The highest BCUT2D eigenvalue weighted by Gasteiger charge is 2.14. The fourth-order valence-corrected chi connectivity index (χ4v) is 4.38. The molecule has 1 heterocycles. The molecule has 0 N–H and O–H groups in total. The lowest BCUT2D eigenvalue weighted by molar-refractivity contribution is 1.18. The summed E-state index contributed by atoms with van der Waals surface area (Å²) in [5.41, 5.74) is 7.27. The lowest BCUT2D eigenvalue weighted by Crippen LogP contribution is -2.00. The Bertz CT molecular complexity index is 1270. The summed E-state index contributed by atoms with van der Waals surface area (Å²) in [6.07, 6.45) is 0. The number of fused-ring (bicyclic) bond motifs is 3. The predicted molar refractivity (Wildman–Crippen MR) is 128 cm³/mol. The molecule has 0 saturated heterocycles. The number of para-hydroxylation sites is 2. The van der Waals surface area contributed by atoms with Crippen molar-refractivity contribution in [2.75, 3.05) is 3.11 Å². The first-order chi connectivity index (χ1) is 13.7. The molecule has 1 aromatic heterocycles. The number of hydrogen-bond donors (Lipinski definition) is 0. The molecule has 2 nitrogen and oxygen atoms in total. The van der Waals surface area contributed by atoms with E-state index in [1.807, 2.05) is 0 Å². The Morgan fingerprint density at radius 3 is 2.07 bits per heavy atom. The third-order valence-corrected chi connectivity index (χ3v) is 6.27. The number of aromatic nitrogens is 1. The van der Waals surface area contributed by atoms with E-state index in [1.54, 1.807) is 0 Å². The van der Waals surface area contributed by atoms with Crippen LogP contribution < -0.4 is 3.11 Å². The number of anilines is 2. The number of benzene rings is 4. The average molecular weight is 474 g/mol. The van der Waals surface area contributed by atoms with Crippen molar-refractivity contribution in [2.24, 2.45) is 0 Å². The maximum Gasteiger partial charge on any atom is 0.0646 e. The van der Waals surface area contributed by atoms with Gasteiger partial charge in [-0.3, -0.25) is 3.11 Å². The van der Waals surface area contributed by atoms with Gasteiger partial charge in [0.25, 0.3) is 0 Å². The maximum absolute atomic E-state index is 2.39. The summed E-state index contributed by atoms with van der Waals surface area (Å²) in [6.45, 7) is 2.12. The van der Waals surface area contributed by atoms with Gasteiger partial charge in [0.05, 0.1) is 45.3 Å². The van der Waals surface area contributed by atoms with Gasteiger partial charge in [-0.1, -0.05) is 54.1 Å². The zero-order chi connectivity index (χ0) is 19.1. The summed E-state index contributed by atoms with van der Waals surface area (Å²) < 4.78 is 4.56. The van der Waals surface area contributed by atoms with Crippen LogP contribution in [-0.2, 0) is 0 Å². The van der Waals surface area contributed by atoms with Gasteiger partial charge in [-0.25, -0.2) is 0 Å². The summed E-state index contributed by atoms with van der Waals surface area (Å²) in [4.78, 5) is 0. The monoisotopic (exact) mass is 474 g/mol. The van der Waals surface area contributed by atoms with Gasteiger partial charge in [-0.15, -0.1) is 0 Å². The molecular weight excluding hydrogens is 455 g/mol. The van der Waals surface area contributed by atoms with Crippen molar-refractivity contribution in [2.45, 2.75) is 6.92 Å². The molecule has 4 aromatic carbocycles. The first-order valence-corrected chi connectivity index (χ1v) is 10.3. The van der Waals surface area contributed by atoms with Gasteiger partial charge in [0, 0.05) is 16.5 Å². The molecule has 28 heavy (non-hydrogen) atoms. The molecule has 0 aliphatic heterocycles. The van der Waals surface area contributed by atoms with E-state index in [2.05, 4.69) is 135 Å². The Balaban J connectivity index is 1.72. The number of rotatable bonds is 3. The average Bonchev–Trinajstić information content (AvgIpc) is 3.08. The summed E-state index contributed by atoms with van der Waals surface area (Å²) in [5, 5.41) is 2.54. The Kier molecular flexibility index (Phi) is 4.32. The van der Waals surface area contributed by atoms with Crippen LogP contribution in [-0.4, -0.2) is 4.57 Å². The molecule has 5 rings (SSSR count). The second-order valence-corrected chi connectivity index (χ2v) is 7.97. The van der Waals surface area contributed by atoms with Gasteiger partial charge in [0.15, 0.2) is 0 Å². The highest BCUT2D eigenvalue weighted by atomic mass is 127. The Morgan fingerprint density at radius 1 is 0.643 bits per heavy atom. The molecule has 0 amide bonds. The van der Waals surface area contributed by atoms with Crippen molar-refractivity contribution < 1.29 is 0 Å². The minimum absolute atomic E-state index is 1.17.